The van der Waals surface area contributed by atoms with Crippen molar-refractivity contribution in [3.05, 3.63) is 35.6 Å². The monoisotopic (exact) mass is 244 g/mol. The molecule has 1 heterocycles. The first-order valence-electron chi connectivity index (χ1n) is 6.68. The van der Waals surface area contributed by atoms with Gasteiger partial charge in [-0.2, -0.15) is 0 Å². The highest BCUT2D eigenvalue weighted by Gasteiger charge is 2.19. The van der Waals surface area contributed by atoms with Crippen LogP contribution >= 0.6 is 0 Å². The number of furan rings is 1. The quantitative estimate of drug-likeness (QED) is 0.661. The van der Waals surface area contributed by atoms with Crippen LogP contribution < -0.4 is 0 Å². The second-order valence-corrected chi connectivity index (χ2v) is 7.47. The molecule has 1 aromatic carbocycles. The molecular formula is C17H24O. The third-order valence-electron chi connectivity index (χ3n) is 3.06. The minimum Gasteiger partial charge on any atom is -0.461 e. The highest BCUT2D eigenvalue weighted by Crippen LogP contribution is 2.30. The minimum absolute atomic E-state index is 0.0726. The molecule has 1 aromatic heterocycles. The van der Waals surface area contributed by atoms with Crippen molar-refractivity contribution in [1.29, 1.82) is 0 Å². The maximum atomic E-state index is 5.99. The Morgan fingerprint density at radius 2 is 1.61 bits per heavy atom. The van der Waals surface area contributed by atoms with Crippen molar-refractivity contribution < 1.29 is 4.42 Å². The van der Waals surface area contributed by atoms with Gasteiger partial charge in [-0.05, 0) is 29.5 Å². The molecule has 0 atom stereocenters. The van der Waals surface area contributed by atoms with Crippen molar-refractivity contribution in [3.63, 3.8) is 0 Å². The Morgan fingerprint density at radius 1 is 0.944 bits per heavy atom. The summed E-state index contributed by atoms with van der Waals surface area (Å²) in [6.45, 7) is 13.3. The summed E-state index contributed by atoms with van der Waals surface area (Å²) < 4.78 is 5.99. The van der Waals surface area contributed by atoms with Gasteiger partial charge in [0, 0.05) is 10.8 Å². The van der Waals surface area contributed by atoms with Crippen LogP contribution in [0, 0.1) is 5.41 Å². The molecule has 2 rings (SSSR count). The van der Waals surface area contributed by atoms with Crippen LogP contribution in [0.3, 0.4) is 0 Å². The van der Waals surface area contributed by atoms with Crippen LogP contribution in [0.15, 0.2) is 28.7 Å². The first kappa shape index (κ1) is 13.2. The molecule has 1 nitrogen and oxygen atoms in total. The van der Waals surface area contributed by atoms with Crippen LogP contribution in [0.5, 0.6) is 0 Å². The molecule has 2 aromatic rings. The maximum Gasteiger partial charge on any atom is 0.134 e. The zero-order valence-corrected chi connectivity index (χ0v) is 12.4. The van der Waals surface area contributed by atoms with E-state index in [9.17, 15) is 0 Å². The van der Waals surface area contributed by atoms with Crippen molar-refractivity contribution >= 4 is 11.0 Å². The van der Waals surface area contributed by atoms with Gasteiger partial charge in [0.1, 0.15) is 11.3 Å². The van der Waals surface area contributed by atoms with E-state index in [1.54, 1.807) is 0 Å². The molecule has 0 spiro atoms. The largest absolute Gasteiger partial charge is 0.461 e. The van der Waals surface area contributed by atoms with E-state index in [-0.39, 0.29) is 5.41 Å². The molecule has 0 fully saturated rings. The molecular weight excluding hydrogens is 220 g/mol. The predicted molar refractivity (Wildman–Crippen MR) is 78.1 cm³/mol. The molecule has 1 heteroatoms. The summed E-state index contributed by atoms with van der Waals surface area (Å²) in [4.78, 5) is 0. The molecule has 0 bridgehead atoms. The lowest BCUT2D eigenvalue weighted by Crippen LogP contribution is -2.09. The molecule has 0 N–H and O–H groups in total. The van der Waals surface area contributed by atoms with E-state index >= 15 is 0 Å². The second-order valence-electron chi connectivity index (χ2n) is 7.47. The molecule has 0 aliphatic heterocycles. The molecule has 0 radical (unpaired) electrons. The number of hydrogen-bond acceptors (Lipinski definition) is 1. The minimum atomic E-state index is 0.0726. The van der Waals surface area contributed by atoms with Crippen LogP contribution in [0.2, 0.25) is 0 Å². The lowest BCUT2D eigenvalue weighted by molar-refractivity contribution is 0.410. The molecule has 0 unspecified atom stereocenters. The smallest absolute Gasteiger partial charge is 0.134 e. The zero-order chi connectivity index (χ0) is 13.6. The van der Waals surface area contributed by atoms with E-state index in [0.29, 0.717) is 5.41 Å². The van der Waals surface area contributed by atoms with Crippen molar-refractivity contribution in [1.82, 2.24) is 0 Å². The Labute approximate surface area is 110 Å². The van der Waals surface area contributed by atoms with Gasteiger partial charge in [-0.1, -0.05) is 53.7 Å². The van der Waals surface area contributed by atoms with Crippen molar-refractivity contribution in [2.45, 2.75) is 53.4 Å². The van der Waals surface area contributed by atoms with Gasteiger partial charge in [-0.25, -0.2) is 0 Å². The third-order valence-corrected chi connectivity index (χ3v) is 3.06. The summed E-state index contributed by atoms with van der Waals surface area (Å²) in [7, 11) is 0. The summed E-state index contributed by atoms with van der Waals surface area (Å²) in [5.74, 6) is 1.06. The second kappa shape index (κ2) is 4.15. The zero-order valence-electron chi connectivity index (χ0n) is 12.4. The molecule has 98 valence electrons. The predicted octanol–water partition coefficient (Wildman–Crippen LogP) is 5.32. The van der Waals surface area contributed by atoms with Gasteiger partial charge in [0.05, 0.1) is 0 Å². The molecule has 0 amide bonds. The lowest BCUT2D eigenvalue weighted by Gasteiger charge is -2.17. The van der Waals surface area contributed by atoms with Gasteiger partial charge in [0.15, 0.2) is 0 Å². The molecule has 0 saturated heterocycles. The van der Waals surface area contributed by atoms with Crippen LogP contribution in [-0.4, -0.2) is 0 Å². The van der Waals surface area contributed by atoms with Gasteiger partial charge in [-0.3, -0.25) is 0 Å². The van der Waals surface area contributed by atoms with E-state index in [1.165, 1.54) is 10.9 Å². The number of rotatable bonds is 1. The third kappa shape index (κ3) is 2.95. The molecule has 0 aliphatic rings. The normalized spacial score (nSPS) is 13.2. The van der Waals surface area contributed by atoms with E-state index in [4.69, 9.17) is 4.42 Å². The average molecular weight is 244 g/mol. The van der Waals surface area contributed by atoms with Crippen LogP contribution in [0.1, 0.15) is 52.9 Å². The number of fused-ring (bicyclic) bond motifs is 1. The van der Waals surface area contributed by atoms with E-state index in [0.717, 1.165) is 17.8 Å². The van der Waals surface area contributed by atoms with E-state index in [2.05, 4.69) is 65.8 Å². The van der Waals surface area contributed by atoms with Gasteiger partial charge in [-0.15, -0.1) is 0 Å². The van der Waals surface area contributed by atoms with Gasteiger partial charge < -0.3 is 4.42 Å². The fourth-order valence-corrected chi connectivity index (χ4v) is 2.17. The summed E-state index contributed by atoms with van der Waals surface area (Å²) in [6, 6.07) is 8.75. The van der Waals surface area contributed by atoms with Crippen molar-refractivity contribution in [2.24, 2.45) is 5.41 Å². The Bertz CT molecular complexity index is 547. The fraction of sp³-hybridized carbons (Fsp3) is 0.529. The number of hydrogen-bond donors (Lipinski definition) is 0. The van der Waals surface area contributed by atoms with Crippen LogP contribution in [-0.2, 0) is 11.8 Å². The first-order chi connectivity index (χ1) is 8.15. The first-order valence-corrected chi connectivity index (χ1v) is 6.68. The van der Waals surface area contributed by atoms with Crippen LogP contribution in [0.25, 0.3) is 11.0 Å². The average Bonchev–Trinajstić information content (AvgIpc) is 2.57. The maximum absolute atomic E-state index is 5.99. The van der Waals surface area contributed by atoms with Crippen molar-refractivity contribution in [3.8, 4) is 0 Å². The Kier molecular flexibility index (Phi) is 3.04. The Hall–Kier alpha value is -1.24. The summed E-state index contributed by atoms with van der Waals surface area (Å²) >= 11 is 0. The van der Waals surface area contributed by atoms with E-state index in [1.807, 2.05) is 0 Å². The summed E-state index contributed by atoms with van der Waals surface area (Å²) in [5, 5.41) is 1.21. The van der Waals surface area contributed by atoms with Gasteiger partial charge in [0.2, 0.25) is 0 Å². The molecule has 0 saturated carbocycles. The van der Waals surface area contributed by atoms with Gasteiger partial charge >= 0.3 is 0 Å². The number of benzene rings is 1. The molecule has 18 heavy (non-hydrogen) atoms. The Morgan fingerprint density at radius 3 is 2.17 bits per heavy atom. The molecule has 0 aliphatic carbocycles. The van der Waals surface area contributed by atoms with Gasteiger partial charge in [0.25, 0.3) is 0 Å². The SMILES string of the molecule is CC(C)(C)Cc1ccc2cc(C(C)(C)C)oc2c1. The lowest BCUT2D eigenvalue weighted by atomic mass is 9.88. The standard InChI is InChI=1S/C17H24O/c1-16(2,3)11-12-7-8-13-10-15(17(4,5)6)18-14(13)9-12/h7-10H,11H2,1-6H3. The van der Waals surface area contributed by atoms with Crippen molar-refractivity contribution in [2.75, 3.05) is 0 Å². The highest BCUT2D eigenvalue weighted by atomic mass is 16.3. The Balaban J connectivity index is 2.40. The van der Waals surface area contributed by atoms with E-state index < -0.39 is 0 Å². The topological polar surface area (TPSA) is 13.1 Å². The van der Waals surface area contributed by atoms with Crippen LogP contribution in [0.4, 0.5) is 0 Å². The summed E-state index contributed by atoms with van der Waals surface area (Å²) in [5.41, 5.74) is 2.75. The highest BCUT2D eigenvalue weighted by molar-refractivity contribution is 5.79. The fourth-order valence-electron chi connectivity index (χ4n) is 2.17. The summed E-state index contributed by atoms with van der Waals surface area (Å²) in [6.07, 6.45) is 1.08.